The molecule has 7 nitrogen and oxygen atoms in total. The minimum absolute atomic E-state index is 0.0371. The van der Waals surface area contributed by atoms with Crippen LogP contribution in [0, 0.1) is 23.0 Å². The van der Waals surface area contributed by atoms with E-state index in [0.717, 1.165) is 38.2 Å². The second-order valence-corrected chi connectivity index (χ2v) is 5.45. The molecular formula is C14H19N3O4. The number of pyridine rings is 1. The smallest absolute Gasteiger partial charge is 0.303 e. The van der Waals surface area contributed by atoms with Crippen molar-refractivity contribution < 1.29 is 14.8 Å². The fourth-order valence-corrected chi connectivity index (χ4v) is 2.68. The molecule has 1 N–H and O–H groups in total. The van der Waals surface area contributed by atoms with Crippen molar-refractivity contribution in [1.29, 1.82) is 0 Å². The zero-order valence-corrected chi connectivity index (χ0v) is 12.0. The summed E-state index contributed by atoms with van der Waals surface area (Å²) in [5, 5.41) is 19.5. The number of carbonyl (C=O) groups is 1. The zero-order valence-electron chi connectivity index (χ0n) is 12.0. The van der Waals surface area contributed by atoms with Crippen LogP contribution in [0.2, 0.25) is 0 Å². The minimum Gasteiger partial charge on any atom is -0.481 e. The summed E-state index contributed by atoms with van der Waals surface area (Å²) < 4.78 is 0. The molecule has 1 aromatic heterocycles. The molecule has 0 unspecified atom stereocenters. The molecule has 114 valence electrons. The predicted octanol–water partition coefficient (Wildman–Crippen LogP) is 2.38. The number of rotatable bonds is 5. The summed E-state index contributed by atoms with van der Waals surface area (Å²) in [6, 6.07) is 1.75. The molecule has 7 heteroatoms. The highest BCUT2D eigenvalue weighted by Crippen LogP contribution is 2.27. The van der Waals surface area contributed by atoms with Gasteiger partial charge in [0.2, 0.25) is 0 Å². The number of carboxylic acid groups (broad SMARTS) is 1. The number of nitrogens with zero attached hydrogens (tertiary/aromatic N) is 3. The highest BCUT2D eigenvalue weighted by molar-refractivity contribution is 5.66. The van der Waals surface area contributed by atoms with Crippen LogP contribution in [0.25, 0.3) is 0 Å². The molecule has 1 saturated heterocycles. The standard InChI is InChI=1S/C14H19N3O4/c1-10-8-13(15-9-12(10)17(20)21)16-6-4-11(5-7-16)2-3-14(18)19/h8-9,11H,2-7H2,1H3,(H,18,19). The van der Waals surface area contributed by atoms with Crippen molar-refractivity contribution >= 4 is 17.5 Å². The van der Waals surface area contributed by atoms with Gasteiger partial charge in [-0.05, 0) is 38.2 Å². The van der Waals surface area contributed by atoms with E-state index in [-0.39, 0.29) is 12.1 Å². The molecule has 1 fully saturated rings. The van der Waals surface area contributed by atoms with Gasteiger partial charge < -0.3 is 10.0 Å². The Kier molecular flexibility index (Phi) is 4.72. The van der Waals surface area contributed by atoms with Gasteiger partial charge in [0.1, 0.15) is 12.0 Å². The van der Waals surface area contributed by atoms with E-state index in [4.69, 9.17) is 5.11 Å². The average Bonchev–Trinajstić information content (AvgIpc) is 2.45. The monoisotopic (exact) mass is 293 g/mol. The van der Waals surface area contributed by atoms with Gasteiger partial charge in [-0.3, -0.25) is 14.9 Å². The first-order valence-corrected chi connectivity index (χ1v) is 7.05. The molecule has 0 saturated carbocycles. The van der Waals surface area contributed by atoms with E-state index in [1.54, 1.807) is 13.0 Å². The van der Waals surface area contributed by atoms with E-state index in [1.807, 2.05) is 0 Å². The lowest BCUT2D eigenvalue weighted by atomic mass is 9.92. The summed E-state index contributed by atoms with van der Waals surface area (Å²) in [6.45, 7) is 3.34. The third-order valence-corrected chi connectivity index (χ3v) is 3.97. The van der Waals surface area contributed by atoms with Crippen LogP contribution >= 0.6 is 0 Å². The third-order valence-electron chi connectivity index (χ3n) is 3.97. The maximum absolute atomic E-state index is 10.8. The van der Waals surface area contributed by atoms with Gasteiger partial charge in [-0.15, -0.1) is 0 Å². The molecule has 0 bridgehead atoms. The maximum Gasteiger partial charge on any atom is 0.303 e. The Labute approximate surface area is 122 Å². The molecule has 0 spiro atoms. The molecule has 2 heterocycles. The van der Waals surface area contributed by atoms with E-state index in [0.29, 0.717) is 11.5 Å². The van der Waals surface area contributed by atoms with Gasteiger partial charge in [0, 0.05) is 25.1 Å². The van der Waals surface area contributed by atoms with Gasteiger partial charge in [-0.25, -0.2) is 4.98 Å². The van der Waals surface area contributed by atoms with Gasteiger partial charge >= 0.3 is 5.97 Å². The quantitative estimate of drug-likeness (QED) is 0.661. The van der Waals surface area contributed by atoms with Crippen LogP contribution in [0.5, 0.6) is 0 Å². The maximum atomic E-state index is 10.8. The van der Waals surface area contributed by atoms with Gasteiger partial charge in [-0.1, -0.05) is 0 Å². The highest BCUT2D eigenvalue weighted by atomic mass is 16.6. The number of aryl methyl sites for hydroxylation is 1. The summed E-state index contributed by atoms with van der Waals surface area (Å²) in [5.41, 5.74) is 0.646. The molecule has 1 aliphatic heterocycles. The third kappa shape index (κ3) is 3.90. The molecular weight excluding hydrogens is 274 g/mol. The van der Waals surface area contributed by atoms with Gasteiger partial charge in [0.25, 0.3) is 5.69 Å². The lowest BCUT2D eigenvalue weighted by Crippen LogP contribution is -2.34. The van der Waals surface area contributed by atoms with Crippen molar-refractivity contribution in [2.24, 2.45) is 5.92 Å². The van der Waals surface area contributed by atoms with Crippen molar-refractivity contribution in [2.45, 2.75) is 32.6 Å². The Bertz CT molecular complexity index is 539. The second-order valence-electron chi connectivity index (χ2n) is 5.45. The Morgan fingerprint density at radius 2 is 2.19 bits per heavy atom. The van der Waals surface area contributed by atoms with Crippen molar-refractivity contribution in [3.05, 3.63) is 27.9 Å². The Morgan fingerprint density at radius 3 is 2.71 bits per heavy atom. The molecule has 0 aliphatic carbocycles. The molecule has 1 aromatic rings. The van der Waals surface area contributed by atoms with E-state index in [2.05, 4.69) is 9.88 Å². The Morgan fingerprint density at radius 1 is 1.52 bits per heavy atom. The van der Waals surface area contributed by atoms with Crippen molar-refractivity contribution in [2.75, 3.05) is 18.0 Å². The molecule has 2 rings (SSSR count). The van der Waals surface area contributed by atoms with Crippen molar-refractivity contribution in [3.8, 4) is 0 Å². The van der Waals surface area contributed by atoms with Crippen LogP contribution in [0.3, 0.4) is 0 Å². The topological polar surface area (TPSA) is 96.6 Å². The fourth-order valence-electron chi connectivity index (χ4n) is 2.68. The van der Waals surface area contributed by atoms with E-state index < -0.39 is 10.9 Å². The highest BCUT2D eigenvalue weighted by Gasteiger charge is 2.22. The van der Waals surface area contributed by atoms with Gasteiger partial charge in [0.05, 0.1) is 4.92 Å². The number of nitro groups is 1. The SMILES string of the molecule is Cc1cc(N2CCC(CCC(=O)O)CC2)ncc1[N+](=O)[O-]. The summed E-state index contributed by atoms with van der Waals surface area (Å²) in [4.78, 5) is 27.2. The normalized spacial score (nSPS) is 16.0. The number of aliphatic carboxylic acids is 1. The lowest BCUT2D eigenvalue weighted by molar-refractivity contribution is -0.385. The molecule has 0 amide bonds. The number of carboxylic acids is 1. The number of aromatic nitrogens is 1. The lowest BCUT2D eigenvalue weighted by Gasteiger charge is -2.32. The first-order valence-electron chi connectivity index (χ1n) is 7.05. The Balaban J connectivity index is 1.94. The van der Waals surface area contributed by atoms with Gasteiger partial charge in [0.15, 0.2) is 0 Å². The average molecular weight is 293 g/mol. The zero-order chi connectivity index (χ0) is 15.4. The van der Waals surface area contributed by atoms with E-state index in [1.165, 1.54) is 6.20 Å². The van der Waals surface area contributed by atoms with Crippen LogP contribution in [0.4, 0.5) is 11.5 Å². The molecule has 0 radical (unpaired) electrons. The van der Waals surface area contributed by atoms with Crippen LogP contribution in [0.15, 0.2) is 12.3 Å². The largest absolute Gasteiger partial charge is 0.481 e. The van der Waals surface area contributed by atoms with Gasteiger partial charge in [-0.2, -0.15) is 0 Å². The number of piperidine rings is 1. The first kappa shape index (κ1) is 15.2. The summed E-state index contributed by atoms with van der Waals surface area (Å²) >= 11 is 0. The molecule has 0 atom stereocenters. The number of hydrogen-bond donors (Lipinski definition) is 1. The summed E-state index contributed by atoms with van der Waals surface area (Å²) in [6.07, 6.45) is 4.12. The van der Waals surface area contributed by atoms with Crippen LogP contribution in [-0.4, -0.2) is 34.1 Å². The Hall–Kier alpha value is -2.18. The molecule has 1 aliphatic rings. The minimum atomic E-state index is -0.745. The number of anilines is 1. The van der Waals surface area contributed by atoms with Crippen molar-refractivity contribution in [1.82, 2.24) is 4.98 Å². The predicted molar refractivity (Wildman–Crippen MR) is 77.4 cm³/mol. The first-order chi connectivity index (χ1) is 9.97. The van der Waals surface area contributed by atoms with E-state index >= 15 is 0 Å². The van der Waals surface area contributed by atoms with Crippen molar-refractivity contribution in [3.63, 3.8) is 0 Å². The second kappa shape index (κ2) is 6.51. The van der Waals surface area contributed by atoms with Crippen LogP contribution in [-0.2, 0) is 4.79 Å². The fraction of sp³-hybridized carbons (Fsp3) is 0.571. The summed E-state index contributed by atoms with van der Waals surface area (Å²) in [5.74, 6) is 0.455. The van der Waals surface area contributed by atoms with Crippen LogP contribution in [0.1, 0.15) is 31.2 Å². The molecule has 0 aromatic carbocycles. The summed E-state index contributed by atoms with van der Waals surface area (Å²) in [7, 11) is 0. The van der Waals surface area contributed by atoms with Crippen LogP contribution < -0.4 is 4.90 Å². The number of hydrogen-bond acceptors (Lipinski definition) is 5. The molecule has 21 heavy (non-hydrogen) atoms. The van der Waals surface area contributed by atoms with E-state index in [9.17, 15) is 14.9 Å².